The van der Waals surface area contributed by atoms with E-state index in [0.29, 0.717) is 0 Å². The maximum absolute atomic E-state index is 10.7. The van der Waals surface area contributed by atoms with Gasteiger partial charge >= 0.3 is 0 Å². The highest BCUT2D eigenvalue weighted by Crippen LogP contribution is 2.31. The third-order valence-electron chi connectivity index (χ3n) is 5.08. The van der Waals surface area contributed by atoms with E-state index in [1.54, 1.807) is 12.1 Å². The molecule has 1 N–H and O–H groups in total. The molecule has 2 aromatic rings. The van der Waals surface area contributed by atoms with E-state index in [1.807, 2.05) is 6.07 Å². The van der Waals surface area contributed by atoms with E-state index < -0.39 is 11.0 Å². The largest absolute Gasteiger partial charge is 0.388 e. The third kappa shape index (κ3) is 4.65. The van der Waals surface area contributed by atoms with Gasteiger partial charge in [-0.25, -0.2) is 0 Å². The Morgan fingerprint density at radius 2 is 1.72 bits per heavy atom. The topological polar surface area (TPSA) is 66.6 Å². The van der Waals surface area contributed by atoms with Gasteiger partial charge in [0.25, 0.3) is 5.69 Å². The van der Waals surface area contributed by atoms with Gasteiger partial charge in [-0.1, -0.05) is 30.3 Å². The summed E-state index contributed by atoms with van der Waals surface area (Å²) in [7, 11) is 0. The Morgan fingerprint density at radius 3 is 2.32 bits per heavy atom. The van der Waals surface area contributed by atoms with Crippen LogP contribution in [0.15, 0.2) is 54.6 Å². The van der Waals surface area contributed by atoms with Gasteiger partial charge in [0.05, 0.1) is 11.0 Å². The van der Waals surface area contributed by atoms with E-state index in [-0.39, 0.29) is 11.6 Å². The van der Waals surface area contributed by atoms with Gasteiger partial charge in [-0.15, -0.1) is 0 Å². The number of hydrogen-bond donors (Lipinski definition) is 1. The second-order valence-corrected chi connectivity index (χ2v) is 6.71. The first-order valence-corrected chi connectivity index (χ1v) is 8.82. The molecular weight excluding hydrogens is 316 g/mol. The summed E-state index contributed by atoms with van der Waals surface area (Å²) in [6.07, 6.45) is 2.41. The Kier molecular flexibility index (Phi) is 5.79. The Balaban J connectivity index is 1.48. The quantitative estimate of drug-likeness (QED) is 0.645. The number of aliphatic hydroxyl groups excluding tert-OH is 1. The molecule has 25 heavy (non-hydrogen) atoms. The summed E-state index contributed by atoms with van der Waals surface area (Å²) in [5, 5.41) is 21.3. The Morgan fingerprint density at radius 1 is 1.08 bits per heavy atom. The van der Waals surface area contributed by atoms with Gasteiger partial charge in [-0.2, -0.15) is 0 Å². The van der Waals surface area contributed by atoms with Crippen molar-refractivity contribution in [2.75, 3.05) is 19.6 Å². The van der Waals surface area contributed by atoms with Crippen molar-refractivity contribution in [1.82, 2.24) is 4.90 Å². The number of likely N-dealkylation sites (tertiary alicyclic amines) is 1. The lowest BCUT2D eigenvalue weighted by Crippen LogP contribution is -2.36. The van der Waals surface area contributed by atoms with Crippen molar-refractivity contribution < 1.29 is 10.0 Å². The molecule has 3 rings (SSSR count). The Bertz CT molecular complexity index is 680. The minimum Gasteiger partial charge on any atom is -0.388 e. The zero-order valence-electron chi connectivity index (χ0n) is 14.3. The summed E-state index contributed by atoms with van der Waals surface area (Å²) in [6.45, 7) is 3.02. The summed E-state index contributed by atoms with van der Waals surface area (Å²) < 4.78 is 0. The molecule has 1 saturated heterocycles. The van der Waals surface area contributed by atoms with Gasteiger partial charge in [-0.05, 0) is 61.5 Å². The molecule has 2 aromatic carbocycles. The Labute approximate surface area is 148 Å². The van der Waals surface area contributed by atoms with Crippen LogP contribution in [0.25, 0.3) is 0 Å². The number of nitro groups is 1. The molecule has 0 saturated carbocycles. The molecule has 0 aliphatic carbocycles. The fourth-order valence-corrected chi connectivity index (χ4v) is 3.49. The molecule has 1 heterocycles. The summed E-state index contributed by atoms with van der Waals surface area (Å²) in [5.74, 6) is 0.217. The van der Waals surface area contributed by atoms with Crippen molar-refractivity contribution in [1.29, 1.82) is 0 Å². The van der Waals surface area contributed by atoms with Crippen LogP contribution in [0.5, 0.6) is 0 Å². The highest BCUT2D eigenvalue weighted by Gasteiger charge is 2.26. The third-order valence-corrected chi connectivity index (χ3v) is 5.08. The summed E-state index contributed by atoms with van der Waals surface area (Å²) in [6, 6.07) is 16.8. The average molecular weight is 340 g/mol. The number of piperidine rings is 1. The van der Waals surface area contributed by atoms with Crippen LogP contribution >= 0.6 is 0 Å². The molecule has 1 atom stereocenters. The lowest BCUT2D eigenvalue weighted by Gasteiger charge is -2.34. The number of non-ortho nitro benzene ring substituents is 1. The van der Waals surface area contributed by atoms with Crippen LogP contribution in [0.4, 0.5) is 5.69 Å². The maximum Gasteiger partial charge on any atom is 0.269 e. The molecule has 0 bridgehead atoms. The van der Waals surface area contributed by atoms with Crippen LogP contribution in [-0.2, 0) is 6.42 Å². The SMILES string of the molecule is O=[N+]([O-])c1ccc([C@H](O)C2CCN(CCc3ccccc3)CC2)cc1. The number of nitrogens with zero attached hydrogens (tertiary/aromatic N) is 2. The highest BCUT2D eigenvalue weighted by atomic mass is 16.6. The molecule has 132 valence electrons. The minimum atomic E-state index is -0.544. The fraction of sp³-hybridized carbons (Fsp3) is 0.400. The van der Waals surface area contributed by atoms with Crippen molar-refractivity contribution in [2.24, 2.45) is 5.92 Å². The van der Waals surface area contributed by atoms with Crippen molar-refractivity contribution in [3.05, 3.63) is 75.8 Å². The standard InChI is InChI=1S/C20H24N2O3/c23-20(17-6-8-19(9-7-17)22(24)25)18-11-14-21(15-12-18)13-10-16-4-2-1-3-5-16/h1-9,18,20,23H,10-15H2/t20-/m0/s1. The fourth-order valence-electron chi connectivity index (χ4n) is 3.49. The molecule has 1 aliphatic rings. The van der Waals surface area contributed by atoms with Crippen molar-refractivity contribution in [3.63, 3.8) is 0 Å². The number of rotatable bonds is 6. The second kappa shape index (κ2) is 8.23. The van der Waals surface area contributed by atoms with Crippen LogP contribution in [0.3, 0.4) is 0 Å². The molecule has 5 nitrogen and oxygen atoms in total. The summed E-state index contributed by atoms with van der Waals surface area (Å²) in [5.41, 5.74) is 2.19. The first-order chi connectivity index (χ1) is 12.1. The summed E-state index contributed by atoms with van der Waals surface area (Å²) in [4.78, 5) is 12.8. The van der Waals surface area contributed by atoms with E-state index in [9.17, 15) is 15.2 Å². The van der Waals surface area contributed by atoms with Crippen LogP contribution < -0.4 is 0 Å². The van der Waals surface area contributed by atoms with Crippen molar-refractivity contribution in [3.8, 4) is 0 Å². The van der Waals surface area contributed by atoms with Crippen LogP contribution in [0.1, 0.15) is 30.1 Å². The smallest absolute Gasteiger partial charge is 0.269 e. The van der Waals surface area contributed by atoms with Gasteiger partial charge in [0.2, 0.25) is 0 Å². The van der Waals surface area contributed by atoms with E-state index in [4.69, 9.17) is 0 Å². The number of aliphatic hydroxyl groups is 1. The van der Waals surface area contributed by atoms with E-state index in [0.717, 1.165) is 44.5 Å². The van der Waals surface area contributed by atoms with Crippen LogP contribution in [-0.4, -0.2) is 34.6 Å². The molecule has 0 unspecified atom stereocenters. The molecule has 1 aliphatic heterocycles. The molecule has 0 spiro atoms. The lowest BCUT2D eigenvalue weighted by atomic mass is 9.87. The molecule has 0 amide bonds. The molecular formula is C20H24N2O3. The van der Waals surface area contributed by atoms with Crippen molar-refractivity contribution >= 4 is 5.69 Å². The molecule has 1 fully saturated rings. The Hall–Kier alpha value is -2.24. The summed E-state index contributed by atoms with van der Waals surface area (Å²) >= 11 is 0. The first-order valence-electron chi connectivity index (χ1n) is 8.82. The zero-order chi connectivity index (χ0) is 17.6. The molecule has 0 aromatic heterocycles. The van der Waals surface area contributed by atoms with Gasteiger partial charge in [0.1, 0.15) is 0 Å². The predicted molar refractivity (Wildman–Crippen MR) is 97.4 cm³/mol. The first kappa shape index (κ1) is 17.6. The molecule has 5 heteroatoms. The zero-order valence-corrected chi connectivity index (χ0v) is 14.3. The van der Waals surface area contributed by atoms with Gasteiger partial charge in [0, 0.05) is 18.7 Å². The van der Waals surface area contributed by atoms with Gasteiger partial charge < -0.3 is 10.0 Å². The van der Waals surface area contributed by atoms with Gasteiger partial charge in [0.15, 0.2) is 0 Å². The monoisotopic (exact) mass is 340 g/mol. The molecule has 0 radical (unpaired) electrons. The number of nitro benzene ring substituents is 1. The highest BCUT2D eigenvalue weighted by molar-refractivity contribution is 5.34. The number of hydrogen-bond acceptors (Lipinski definition) is 4. The van der Waals surface area contributed by atoms with E-state index in [1.165, 1.54) is 17.7 Å². The normalized spacial score (nSPS) is 17.3. The number of benzene rings is 2. The van der Waals surface area contributed by atoms with Gasteiger partial charge in [-0.3, -0.25) is 10.1 Å². The van der Waals surface area contributed by atoms with E-state index >= 15 is 0 Å². The average Bonchev–Trinajstić information content (AvgIpc) is 2.67. The minimum absolute atomic E-state index is 0.0617. The lowest BCUT2D eigenvalue weighted by molar-refractivity contribution is -0.384. The van der Waals surface area contributed by atoms with E-state index in [2.05, 4.69) is 29.2 Å². The van der Waals surface area contributed by atoms with Crippen LogP contribution in [0.2, 0.25) is 0 Å². The predicted octanol–water partition coefficient (Wildman–Crippen LogP) is 3.58. The second-order valence-electron chi connectivity index (χ2n) is 6.71. The maximum atomic E-state index is 10.7. The van der Waals surface area contributed by atoms with Crippen LogP contribution in [0, 0.1) is 16.0 Å². The van der Waals surface area contributed by atoms with Crippen molar-refractivity contribution in [2.45, 2.75) is 25.4 Å².